The summed E-state index contributed by atoms with van der Waals surface area (Å²) in [5.74, 6) is -0.396. The van der Waals surface area contributed by atoms with Crippen molar-refractivity contribution in [1.29, 1.82) is 0 Å². The van der Waals surface area contributed by atoms with Crippen molar-refractivity contribution in [3.63, 3.8) is 0 Å². The molecule has 1 heterocycles. The van der Waals surface area contributed by atoms with E-state index in [1.807, 2.05) is 104 Å². The highest BCUT2D eigenvalue weighted by Gasteiger charge is 2.36. The molecular formula is C40H27NO2S5. The Morgan fingerprint density at radius 1 is 0.417 bits per heavy atom. The minimum absolute atomic E-state index is 0.169. The molecule has 1 aliphatic rings. The number of aryl methyl sites for hydroxylation is 1. The molecular weight excluding hydrogens is 687 g/mol. The van der Waals surface area contributed by atoms with Gasteiger partial charge in [0.1, 0.15) is 10.7 Å². The lowest BCUT2D eigenvalue weighted by molar-refractivity contribution is 0.0983. The summed E-state index contributed by atoms with van der Waals surface area (Å²) in [5.41, 5.74) is 1.35. The van der Waals surface area contributed by atoms with E-state index in [2.05, 4.69) is 48.5 Å². The van der Waals surface area contributed by atoms with Gasteiger partial charge in [0.2, 0.25) is 11.6 Å². The second-order valence-corrected chi connectivity index (χ2v) is 16.3. The van der Waals surface area contributed by atoms with E-state index in [0.29, 0.717) is 20.4 Å². The standard InChI is InChI=1S/C40H27NO2S5/c1-26-25-34(46-29-15-9-4-10-16-29)41-36-35(26)37(42)39(47-32-21-17-30(18-22-32)44-27-11-5-2-6-12-27)40(38(36)43)48-33-23-19-31(20-24-33)45-28-13-7-3-8-14-28/h2-25H,1H3. The molecule has 0 fully saturated rings. The van der Waals surface area contributed by atoms with Gasteiger partial charge in [0.25, 0.3) is 0 Å². The van der Waals surface area contributed by atoms with Crippen molar-refractivity contribution in [3.8, 4) is 0 Å². The summed E-state index contributed by atoms with van der Waals surface area (Å²) in [7, 11) is 0. The predicted octanol–water partition coefficient (Wildman–Crippen LogP) is 12.0. The molecule has 0 N–H and O–H groups in total. The highest BCUT2D eigenvalue weighted by molar-refractivity contribution is 8.08. The van der Waals surface area contributed by atoms with Crippen LogP contribution in [0, 0.1) is 6.92 Å². The van der Waals surface area contributed by atoms with Crippen molar-refractivity contribution in [2.45, 2.75) is 46.2 Å². The Morgan fingerprint density at radius 2 is 0.771 bits per heavy atom. The van der Waals surface area contributed by atoms with Crippen LogP contribution in [0.15, 0.2) is 195 Å². The maximum atomic E-state index is 14.4. The fourth-order valence-electron chi connectivity index (χ4n) is 5.00. The second-order valence-electron chi connectivity index (χ2n) is 10.7. The number of fused-ring (bicyclic) bond motifs is 1. The van der Waals surface area contributed by atoms with Gasteiger partial charge in [-0.15, -0.1) is 0 Å². The topological polar surface area (TPSA) is 47.0 Å². The lowest BCUT2D eigenvalue weighted by Crippen LogP contribution is -2.23. The molecule has 8 heteroatoms. The van der Waals surface area contributed by atoms with Crippen LogP contribution in [0.3, 0.4) is 0 Å². The quantitative estimate of drug-likeness (QED) is 0.139. The van der Waals surface area contributed by atoms with Gasteiger partial charge >= 0.3 is 0 Å². The third-order valence-corrected chi connectivity index (χ3v) is 12.6. The number of allylic oxidation sites excluding steroid dienone is 2. The van der Waals surface area contributed by atoms with Gasteiger partial charge in [-0.1, -0.05) is 113 Å². The zero-order valence-corrected chi connectivity index (χ0v) is 29.7. The molecule has 0 radical (unpaired) electrons. The first-order valence-corrected chi connectivity index (χ1v) is 19.2. The lowest BCUT2D eigenvalue weighted by atomic mass is 9.95. The first-order valence-electron chi connectivity index (χ1n) is 15.1. The minimum Gasteiger partial charge on any atom is -0.288 e. The highest BCUT2D eigenvalue weighted by Crippen LogP contribution is 2.45. The number of carbonyl (C=O) groups is 2. The number of carbonyl (C=O) groups excluding carboxylic acids is 2. The van der Waals surface area contributed by atoms with E-state index in [9.17, 15) is 9.59 Å². The summed E-state index contributed by atoms with van der Waals surface area (Å²) in [4.78, 5) is 41.6. The summed E-state index contributed by atoms with van der Waals surface area (Å²) < 4.78 is 0. The van der Waals surface area contributed by atoms with Gasteiger partial charge in [0.05, 0.1) is 15.4 Å². The summed E-state index contributed by atoms with van der Waals surface area (Å²) in [5, 5.41) is 0.688. The SMILES string of the molecule is Cc1cc(Sc2ccccc2)nc2c1C(=O)C(Sc1ccc(Sc3ccccc3)cc1)=C(Sc1ccc(Sc3ccccc3)cc1)C2=O. The summed E-state index contributed by atoms with van der Waals surface area (Å²) in [6.07, 6.45) is 0. The molecule has 6 aromatic rings. The van der Waals surface area contributed by atoms with Crippen molar-refractivity contribution >= 4 is 70.4 Å². The van der Waals surface area contributed by atoms with Crippen LogP contribution in [0.2, 0.25) is 0 Å². The number of nitrogens with zero attached hydrogens (tertiary/aromatic N) is 1. The number of pyridine rings is 1. The molecule has 0 spiro atoms. The maximum absolute atomic E-state index is 14.4. The van der Waals surface area contributed by atoms with E-state index >= 15 is 0 Å². The monoisotopic (exact) mass is 713 g/mol. The number of benzene rings is 5. The Kier molecular flexibility index (Phi) is 10.3. The Balaban J connectivity index is 1.21. The van der Waals surface area contributed by atoms with Crippen LogP contribution in [0.4, 0.5) is 0 Å². The van der Waals surface area contributed by atoms with Crippen molar-refractivity contribution in [2.75, 3.05) is 0 Å². The molecule has 3 nitrogen and oxygen atoms in total. The van der Waals surface area contributed by atoms with E-state index in [-0.39, 0.29) is 17.3 Å². The first-order chi connectivity index (χ1) is 23.5. The number of thioether (sulfide) groups is 2. The van der Waals surface area contributed by atoms with Gasteiger partial charge in [0.15, 0.2) is 0 Å². The average Bonchev–Trinajstić information content (AvgIpc) is 3.11. The van der Waals surface area contributed by atoms with Crippen molar-refractivity contribution < 1.29 is 9.59 Å². The molecule has 1 aliphatic carbocycles. The van der Waals surface area contributed by atoms with E-state index < -0.39 is 0 Å². The Morgan fingerprint density at radius 3 is 1.21 bits per heavy atom. The molecule has 0 amide bonds. The second kappa shape index (κ2) is 15.1. The molecule has 0 saturated heterocycles. The van der Waals surface area contributed by atoms with Gasteiger partial charge in [-0.05, 0) is 103 Å². The van der Waals surface area contributed by atoms with Gasteiger partial charge in [-0.3, -0.25) is 9.59 Å². The highest BCUT2D eigenvalue weighted by atomic mass is 32.2. The van der Waals surface area contributed by atoms with E-state index in [0.717, 1.165) is 39.8 Å². The number of ketones is 2. The summed E-state index contributed by atoms with van der Waals surface area (Å²) in [6, 6.07) is 48.5. The number of aromatic nitrogens is 1. The fraction of sp³-hybridized carbons (Fsp3) is 0.0250. The lowest BCUT2D eigenvalue weighted by Gasteiger charge is -2.22. The number of hydrogen-bond donors (Lipinski definition) is 0. The molecule has 48 heavy (non-hydrogen) atoms. The molecule has 0 atom stereocenters. The van der Waals surface area contributed by atoms with Crippen molar-refractivity contribution in [3.05, 3.63) is 172 Å². The normalized spacial score (nSPS) is 12.7. The first kappa shape index (κ1) is 32.6. The molecule has 0 unspecified atom stereocenters. The smallest absolute Gasteiger partial charge is 0.220 e. The Hall–Kier alpha value is -3.92. The zero-order valence-electron chi connectivity index (χ0n) is 25.7. The van der Waals surface area contributed by atoms with Crippen LogP contribution in [-0.2, 0) is 0 Å². The molecule has 0 bridgehead atoms. The van der Waals surface area contributed by atoms with Gasteiger partial charge in [-0.2, -0.15) is 0 Å². The van der Waals surface area contributed by atoms with E-state index in [4.69, 9.17) is 4.98 Å². The van der Waals surface area contributed by atoms with Crippen LogP contribution in [0.5, 0.6) is 0 Å². The van der Waals surface area contributed by atoms with Gasteiger partial charge in [-0.25, -0.2) is 4.98 Å². The van der Waals surface area contributed by atoms with E-state index in [1.54, 1.807) is 23.5 Å². The number of Topliss-reactive ketones (excluding diaryl/α,β-unsaturated/α-hetero) is 2. The predicted molar refractivity (Wildman–Crippen MR) is 201 cm³/mol. The summed E-state index contributed by atoms with van der Waals surface area (Å²) in [6.45, 7) is 1.89. The van der Waals surface area contributed by atoms with Crippen LogP contribution in [0.1, 0.15) is 26.4 Å². The molecule has 0 saturated carbocycles. The average molecular weight is 714 g/mol. The van der Waals surface area contributed by atoms with Crippen LogP contribution in [-0.4, -0.2) is 16.6 Å². The molecule has 234 valence electrons. The summed E-state index contributed by atoms with van der Waals surface area (Å²) >= 11 is 7.52. The maximum Gasteiger partial charge on any atom is 0.220 e. The van der Waals surface area contributed by atoms with E-state index in [1.165, 1.54) is 35.3 Å². The van der Waals surface area contributed by atoms with Crippen molar-refractivity contribution in [2.24, 2.45) is 0 Å². The molecule has 7 rings (SSSR count). The number of rotatable bonds is 10. The van der Waals surface area contributed by atoms with Crippen LogP contribution >= 0.6 is 58.8 Å². The third-order valence-electron chi connectivity index (χ3n) is 7.26. The molecule has 1 aromatic heterocycles. The zero-order chi connectivity index (χ0) is 32.9. The third kappa shape index (κ3) is 7.69. The van der Waals surface area contributed by atoms with Gasteiger partial charge in [0, 0.05) is 34.3 Å². The Bertz CT molecular complexity index is 2120. The van der Waals surface area contributed by atoms with Crippen LogP contribution in [0.25, 0.3) is 0 Å². The fourth-order valence-corrected chi connectivity index (χ4v) is 9.61. The largest absolute Gasteiger partial charge is 0.288 e. The molecule has 0 aliphatic heterocycles. The Labute approximate surface area is 301 Å². The number of hydrogen-bond acceptors (Lipinski definition) is 8. The molecule has 5 aromatic carbocycles. The minimum atomic E-state index is -0.227. The van der Waals surface area contributed by atoms with Crippen molar-refractivity contribution in [1.82, 2.24) is 4.98 Å². The van der Waals surface area contributed by atoms with Crippen LogP contribution < -0.4 is 0 Å². The van der Waals surface area contributed by atoms with Gasteiger partial charge < -0.3 is 0 Å².